The van der Waals surface area contributed by atoms with E-state index in [1.165, 1.54) is 12.8 Å². The molecular formula is C15H29NO2. The topological polar surface area (TPSA) is 49.3 Å². The fourth-order valence-corrected chi connectivity index (χ4v) is 3.20. The second-order valence-corrected chi connectivity index (χ2v) is 6.21. The van der Waals surface area contributed by atoms with Crippen molar-refractivity contribution in [3.8, 4) is 0 Å². The number of hydrogen-bond donors (Lipinski definition) is 2. The van der Waals surface area contributed by atoms with E-state index in [9.17, 15) is 4.79 Å². The summed E-state index contributed by atoms with van der Waals surface area (Å²) in [5.41, 5.74) is -0.147. The molecule has 1 fully saturated rings. The third-order valence-electron chi connectivity index (χ3n) is 4.41. The van der Waals surface area contributed by atoms with Crippen LogP contribution < -0.4 is 5.32 Å². The van der Waals surface area contributed by atoms with Crippen molar-refractivity contribution >= 4 is 5.97 Å². The molecule has 0 aromatic heterocycles. The zero-order valence-corrected chi connectivity index (χ0v) is 12.2. The van der Waals surface area contributed by atoms with Gasteiger partial charge in [-0.3, -0.25) is 4.79 Å². The Morgan fingerprint density at radius 3 is 2.67 bits per heavy atom. The van der Waals surface area contributed by atoms with Crippen LogP contribution in [0.15, 0.2) is 0 Å². The first-order valence-corrected chi connectivity index (χ1v) is 7.46. The second-order valence-electron chi connectivity index (χ2n) is 6.21. The molecule has 0 amide bonds. The SMILES string of the molecule is CCCNC1(CC(=O)O)CCCC(C(C)C)CC1. The average molecular weight is 255 g/mol. The summed E-state index contributed by atoms with van der Waals surface area (Å²) in [6, 6.07) is 0. The van der Waals surface area contributed by atoms with Crippen LogP contribution in [0, 0.1) is 11.8 Å². The van der Waals surface area contributed by atoms with E-state index in [-0.39, 0.29) is 12.0 Å². The number of nitrogens with one attached hydrogen (secondary N) is 1. The quantitative estimate of drug-likeness (QED) is 0.715. The lowest BCUT2D eigenvalue weighted by Crippen LogP contribution is -2.47. The zero-order valence-electron chi connectivity index (χ0n) is 12.2. The number of rotatable bonds is 6. The molecular weight excluding hydrogens is 226 g/mol. The highest BCUT2D eigenvalue weighted by Gasteiger charge is 2.35. The van der Waals surface area contributed by atoms with E-state index in [4.69, 9.17) is 5.11 Å². The predicted octanol–water partition coefficient (Wildman–Crippen LogP) is 3.44. The van der Waals surface area contributed by atoms with Crippen molar-refractivity contribution in [2.24, 2.45) is 11.8 Å². The maximum atomic E-state index is 11.1. The second kappa shape index (κ2) is 7.13. The third kappa shape index (κ3) is 4.60. The minimum atomic E-state index is -0.665. The van der Waals surface area contributed by atoms with E-state index in [0.29, 0.717) is 0 Å². The van der Waals surface area contributed by atoms with Gasteiger partial charge in [-0.1, -0.05) is 33.6 Å². The molecule has 2 unspecified atom stereocenters. The Morgan fingerprint density at radius 1 is 1.39 bits per heavy atom. The molecule has 0 bridgehead atoms. The summed E-state index contributed by atoms with van der Waals surface area (Å²) in [6.07, 6.45) is 6.96. The van der Waals surface area contributed by atoms with E-state index in [1.54, 1.807) is 0 Å². The standard InChI is InChI=1S/C15H29NO2/c1-4-10-16-15(11-14(17)18)8-5-6-13(7-9-15)12(2)3/h12-13,16H,4-11H2,1-3H3,(H,17,18). The van der Waals surface area contributed by atoms with Crippen LogP contribution in [0.1, 0.15) is 65.7 Å². The van der Waals surface area contributed by atoms with Gasteiger partial charge in [-0.2, -0.15) is 0 Å². The van der Waals surface area contributed by atoms with Gasteiger partial charge in [0.15, 0.2) is 0 Å². The number of carboxylic acid groups (broad SMARTS) is 1. The lowest BCUT2D eigenvalue weighted by atomic mass is 9.84. The summed E-state index contributed by atoms with van der Waals surface area (Å²) in [7, 11) is 0. The van der Waals surface area contributed by atoms with Crippen molar-refractivity contribution in [2.45, 2.75) is 71.3 Å². The summed E-state index contributed by atoms with van der Waals surface area (Å²) in [6.45, 7) is 7.64. The maximum Gasteiger partial charge on any atom is 0.305 e. The fraction of sp³-hybridized carbons (Fsp3) is 0.933. The van der Waals surface area contributed by atoms with Gasteiger partial charge in [0.05, 0.1) is 6.42 Å². The summed E-state index contributed by atoms with van der Waals surface area (Å²) >= 11 is 0. The van der Waals surface area contributed by atoms with Crippen LogP contribution in [0.5, 0.6) is 0 Å². The first-order valence-electron chi connectivity index (χ1n) is 7.46. The normalized spacial score (nSPS) is 29.2. The van der Waals surface area contributed by atoms with Crippen LogP contribution in [-0.4, -0.2) is 23.2 Å². The first-order chi connectivity index (χ1) is 8.49. The van der Waals surface area contributed by atoms with E-state index >= 15 is 0 Å². The van der Waals surface area contributed by atoms with Crippen LogP contribution in [0.3, 0.4) is 0 Å². The van der Waals surface area contributed by atoms with Crippen LogP contribution in [0.2, 0.25) is 0 Å². The molecule has 0 radical (unpaired) electrons. The molecule has 0 saturated heterocycles. The molecule has 0 aliphatic heterocycles. The van der Waals surface area contributed by atoms with Crippen molar-refractivity contribution in [3.63, 3.8) is 0 Å². The molecule has 1 rings (SSSR count). The Hall–Kier alpha value is -0.570. The Labute approximate surface area is 111 Å². The van der Waals surface area contributed by atoms with Gasteiger partial charge >= 0.3 is 5.97 Å². The van der Waals surface area contributed by atoms with Gasteiger partial charge in [0.2, 0.25) is 0 Å². The molecule has 2 N–H and O–H groups in total. The lowest BCUT2D eigenvalue weighted by molar-refractivity contribution is -0.139. The molecule has 3 nitrogen and oxygen atoms in total. The molecule has 0 aromatic rings. The largest absolute Gasteiger partial charge is 0.481 e. The van der Waals surface area contributed by atoms with Gasteiger partial charge in [-0.05, 0) is 44.1 Å². The molecule has 1 aliphatic carbocycles. The van der Waals surface area contributed by atoms with Gasteiger partial charge in [0.1, 0.15) is 0 Å². The smallest absolute Gasteiger partial charge is 0.305 e. The molecule has 1 aliphatic rings. The Kier molecular flexibility index (Phi) is 6.13. The highest BCUT2D eigenvalue weighted by atomic mass is 16.4. The minimum absolute atomic E-state index is 0.147. The highest BCUT2D eigenvalue weighted by Crippen LogP contribution is 2.35. The van der Waals surface area contributed by atoms with Crippen LogP contribution >= 0.6 is 0 Å². The predicted molar refractivity (Wildman–Crippen MR) is 74.7 cm³/mol. The Balaban J connectivity index is 2.68. The summed E-state index contributed by atoms with van der Waals surface area (Å²) < 4.78 is 0. The Bertz CT molecular complexity index is 265. The van der Waals surface area contributed by atoms with Crippen molar-refractivity contribution in [1.82, 2.24) is 5.32 Å². The molecule has 106 valence electrons. The summed E-state index contributed by atoms with van der Waals surface area (Å²) in [4.78, 5) is 11.1. The molecule has 2 atom stereocenters. The molecule has 18 heavy (non-hydrogen) atoms. The minimum Gasteiger partial charge on any atom is -0.481 e. The third-order valence-corrected chi connectivity index (χ3v) is 4.41. The van der Waals surface area contributed by atoms with Gasteiger partial charge in [0, 0.05) is 5.54 Å². The van der Waals surface area contributed by atoms with Gasteiger partial charge < -0.3 is 10.4 Å². The number of carbonyl (C=O) groups is 1. The summed E-state index contributed by atoms with van der Waals surface area (Å²) in [5, 5.41) is 12.7. The monoisotopic (exact) mass is 255 g/mol. The van der Waals surface area contributed by atoms with Crippen LogP contribution in [0.4, 0.5) is 0 Å². The van der Waals surface area contributed by atoms with Crippen molar-refractivity contribution in [2.75, 3.05) is 6.54 Å². The van der Waals surface area contributed by atoms with Gasteiger partial charge in [-0.15, -0.1) is 0 Å². The number of carboxylic acids is 1. The summed E-state index contributed by atoms with van der Waals surface area (Å²) in [5.74, 6) is 0.822. The van der Waals surface area contributed by atoms with Crippen molar-refractivity contribution in [3.05, 3.63) is 0 Å². The molecule has 3 heteroatoms. The van der Waals surface area contributed by atoms with Crippen molar-refractivity contribution in [1.29, 1.82) is 0 Å². The molecule has 1 saturated carbocycles. The highest BCUT2D eigenvalue weighted by molar-refractivity contribution is 5.68. The van der Waals surface area contributed by atoms with Gasteiger partial charge in [0.25, 0.3) is 0 Å². The fourth-order valence-electron chi connectivity index (χ4n) is 3.20. The van der Waals surface area contributed by atoms with Crippen LogP contribution in [0.25, 0.3) is 0 Å². The Morgan fingerprint density at radius 2 is 2.11 bits per heavy atom. The molecule has 0 aromatic carbocycles. The van der Waals surface area contributed by atoms with Crippen molar-refractivity contribution < 1.29 is 9.90 Å². The molecule has 0 heterocycles. The van der Waals surface area contributed by atoms with Gasteiger partial charge in [-0.25, -0.2) is 0 Å². The number of aliphatic carboxylic acids is 1. The van der Waals surface area contributed by atoms with E-state index in [0.717, 1.165) is 44.1 Å². The average Bonchev–Trinajstić information content (AvgIpc) is 2.49. The maximum absolute atomic E-state index is 11.1. The van der Waals surface area contributed by atoms with E-state index in [2.05, 4.69) is 26.1 Å². The zero-order chi connectivity index (χ0) is 13.6. The first kappa shape index (κ1) is 15.5. The molecule has 0 spiro atoms. The van der Waals surface area contributed by atoms with E-state index in [1.807, 2.05) is 0 Å². The number of hydrogen-bond acceptors (Lipinski definition) is 2. The lowest BCUT2D eigenvalue weighted by Gasteiger charge is -2.33. The van der Waals surface area contributed by atoms with Crippen LogP contribution in [-0.2, 0) is 4.79 Å². The van der Waals surface area contributed by atoms with E-state index < -0.39 is 5.97 Å².